The van der Waals surface area contributed by atoms with Crippen LogP contribution in [0, 0.1) is 0 Å². The summed E-state index contributed by atoms with van der Waals surface area (Å²) in [5.74, 6) is 1.26. The number of unbranched alkanes of at least 4 members (excludes halogenated alkanes) is 1. The summed E-state index contributed by atoms with van der Waals surface area (Å²) in [5, 5.41) is 1.20. The van der Waals surface area contributed by atoms with Crippen LogP contribution in [-0.2, 0) is 5.32 Å². The minimum atomic E-state index is 0.572. The summed E-state index contributed by atoms with van der Waals surface area (Å²) in [7, 11) is 0. The molecule has 0 aromatic heterocycles. The van der Waals surface area contributed by atoms with Crippen molar-refractivity contribution in [2.45, 2.75) is 31.5 Å². The quantitative estimate of drug-likeness (QED) is 0.356. The summed E-state index contributed by atoms with van der Waals surface area (Å²) < 4.78 is 1.58. The van der Waals surface area contributed by atoms with Gasteiger partial charge in [0, 0.05) is 0 Å². The topological polar surface area (TPSA) is 0 Å². The van der Waals surface area contributed by atoms with Crippen LogP contribution in [-0.4, -0.2) is 20.7 Å². The first kappa shape index (κ1) is 15.6. The van der Waals surface area contributed by atoms with Gasteiger partial charge in [0.1, 0.15) is 0 Å². The van der Waals surface area contributed by atoms with Crippen molar-refractivity contribution < 1.29 is 0 Å². The Labute approximate surface area is 122 Å². The first-order valence-electron chi connectivity index (χ1n) is 6.47. The summed E-state index contributed by atoms with van der Waals surface area (Å²) in [6.07, 6.45) is 7.95. The molecule has 98 valence electrons. The average molecular weight is 325 g/mol. The predicted molar refractivity (Wildman–Crippen MR) is 86.2 cm³/mol. The molecular weight excluding hydrogens is 303 g/mol. The van der Waals surface area contributed by atoms with E-state index >= 15 is 0 Å². The van der Waals surface area contributed by atoms with E-state index in [4.69, 9.17) is 0 Å². The molecule has 0 aliphatic carbocycles. The van der Waals surface area contributed by atoms with Gasteiger partial charge >= 0.3 is 122 Å². The number of thioether (sulfide) groups is 1. The minimum absolute atomic E-state index is 0.572. The molecule has 0 amide bonds. The first-order chi connectivity index (χ1) is 8.86. The molecule has 1 rings (SSSR count). The Bertz CT molecular complexity index is 357. The molecule has 0 heterocycles. The molecule has 0 fully saturated rings. The van der Waals surface area contributed by atoms with Crippen LogP contribution in [0.5, 0.6) is 0 Å². The molecule has 0 N–H and O–H groups in total. The van der Waals surface area contributed by atoms with Crippen molar-refractivity contribution in [1.29, 1.82) is 0 Å². The fourth-order valence-electron chi connectivity index (χ4n) is 1.38. The molecule has 0 unspecified atom stereocenters. The molecule has 0 saturated carbocycles. The standard InChI is InChI=1S/C16H22SSe/c1-3-5-12-16(17-13-6-4-2)18-14-15-10-8-7-9-11-15/h3,7-12H,1,4-6,13-14H2,2H3/b16-12+. The molecule has 1 aromatic carbocycles. The third-order valence-corrected chi connectivity index (χ3v) is 6.66. The molecule has 0 saturated heterocycles. The predicted octanol–water partition coefficient (Wildman–Crippen LogP) is 4.84. The molecule has 0 bridgehead atoms. The van der Waals surface area contributed by atoms with E-state index in [1.54, 1.807) is 3.80 Å². The maximum atomic E-state index is 3.80. The first-order valence-corrected chi connectivity index (χ1v) is 9.52. The van der Waals surface area contributed by atoms with Gasteiger partial charge in [-0.15, -0.1) is 0 Å². The Hall–Kier alpha value is -0.431. The van der Waals surface area contributed by atoms with Gasteiger partial charge in [0.2, 0.25) is 0 Å². The van der Waals surface area contributed by atoms with Crippen LogP contribution in [0.2, 0.25) is 0 Å². The third-order valence-electron chi connectivity index (χ3n) is 2.42. The average Bonchev–Trinajstić information content (AvgIpc) is 2.42. The zero-order valence-corrected chi connectivity index (χ0v) is 13.6. The molecule has 0 aliphatic heterocycles. The van der Waals surface area contributed by atoms with Gasteiger partial charge < -0.3 is 0 Å². The summed E-state index contributed by atoms with van der Waals surface area (Å²) >= 11 is 2.62. The second kappa shape index (κ2) is 10.5. The van der Waals surface area contributed by atoms with E-state index in [1.165, 1.54) is 29.5 Å². The molecule has 2 heteroatoms. The SMILES string of the molecule is C=CC/C=C(\SCCCC)[Se]Cc1ccccc1. The van der Waals surface area contributed by atoms with Crippen molar-refractivity contribution in [1.82, 2.24) is 0 Å². The van der Waals surface area contributed by atoms with E-state index in [-0.39, 0.29) is 0 Å². The van der Waals surface area contributed by atoms with Crippen molar-refractivity contribution in [2.24, 2.45) is 0 Å². The van der Waals surface area contributed by atoms with Gasteiger partial charge in [-0.05, 0) is 0 Å². The Morgan fingerprint density at radius 1 is 1.33 bits per heavy atom. The van der Waals surface area contributed by atoms with Crippen molar-refractivity contribution in [2.75, 3.05) is 5.75 Å². The molecule has 0 radical (unpaired) electrons. The Kier molecular flexibility index (Phi) is 9.11. The van der Waals surface area contributed by atoms with Crippen molar-refractivity contribution >= 4 is 26.7 Å². The zero-order valence-electron chi connectivity index (χ0n) is 11.1. The van der Waals surface area contributed by atoms with Gasteiger partial charge in [0.25, 0.3) is 0 Å². The molecule has 0 nitrogen and oxygen atoms in total. The van der Waals surface area contributed by atoms with Gasteiger partial charge in [-0.25, -0.2) is 0 Å². The summed E-state index contributed by atoms with van der Waals surface area (Å²) in [4.78, 5) is 0. The monoisotopic (exact) mass is 326 g/mol. The molecule has 1 aromatic rings. The molecule has 0 atom stereocenters. The van der Waals surface area contributed by atoms with Gasteiger partial charge in [0.15, 0.2) is 0 Å². The second-order valence-electron chi connectivity index (χ2n) is 4.02. The molecular formula is C16H22SSe. The molecule has 0 spiro atoms. The van der Waals surface area contributed by atoms with Crippen LogP contribution in [0.3, 0.4) is 0 Å². The fourth-order valence-corrected chi connectivity index (χ4v) is 5.17. The third kappa shape index (κ3) is 7.10. The van der Waals surface area contributed by atoms with Crippen molar-refractivity contribution in [3.63, 3.8) is 0 Å². The van der Waals surface area contributed by atoms with E-state index in [1.807, 2.05) is 17.8 Å². The van der Waals surface area contributed by atoms with Gasteiger partial charge in [0.05, 0.1) is 0 Å². The van der Waals surface area contributed by atoms with Crippen LogP contribution in [0.15, 0.2) is 52.9 Å². The van der Waals surface area contributed by atoms with Crippen LogP contribution >= 0.6 is 11.8 Å². The maximum absolute atomic E-state index is 3.80. The van der Waals surface area contributed by atoms with Gasteiger partial charge in [-0.2, -0.15) is 0 Å². The van der Waals surface area contributed by atoms with Crippen LogP contribution in [0.25, 0.3) is 0 Å². The van der Waals surface area contributed by atoms with Crippen molar-refractivity contribution in [3.05, 3.63) is 58.4 Å². The second-order valence-corrected chi connectivity index (χ2v) is 7.88. The van der Waals surface area contributed by atoms with E-state index < -0.39 is 0 Å². The van der Waals surface area contributed by atoms with E-state index in [9.17, 15) is 0 Å². The van der Waals surface area contributed by atoms with Gasteiger partial charge in [-0.1, -0.05) is 0 Å². The Morgan fingerprint density at radius 3 is 2.78 bits per heavy atom. The number of benzene rings is 1. The Morgan fingerprint density at radius 2 is 2.11 bits per heavy atom. The zero-order chi connectivity index (χ0) is 13.1. The number of hydrogen-bond donors (Lipinski definition) is 0. The summed E-state index contributed by atoms with van der Waals surface area (Å²) in [6.45, 7) is 6.05. The Balaban J connectivity index is 2.42. The normalized spacial score (nSPS) is 11.5. The summed E-state index contributed by atoms with van der Waals surface area (Å²) in [5.41, 5.74) is 1.46. The molecule has 0 aliphatic rings. The van der Waals surface area contributed by atoms with Gasteiger partial charge in [-0.3, -0.25) is 0 Å². The fraction of sp³-hybridized carbons (Fsp3) is 0.375. The number of rotatable bonds is 9. The van der Waals surface area contributed by atoms with Crippen LogP contribution < -0.4 is 0 Å². The van der Waals surface area contributed by atoms with Crippen molar-refractivity contribution in [3.8, 4) is 0 Å². The number of hydrogen-bond acceptors (Lipinski definition) is 1. The van der Waals surface area contributed by atoms with E-state index in [0.717, 1.165) is 6.42 Å². The summed E-state index contributed by atoms with van der Waals surface area (Å²) in [6, 6.07) is 10.8. The van der Waals surface area contributed by atoms with Crippen LogP contribution in [0.4, 0.5) is 0 Å². The van der Waals surface area contributed by atoms with E-state index in [0.29, 0.717) is 15.0 Å². The molecule has 18 heavy (non-hydrogen) atoms. The number of allylic oxidation sites excluding steroid dienone is 2. The van der Waals surface area contributed by atoms with Crippen LogP contribution in [0.1, 0.15) is 31.7 Å². The van der Waals surface area contributed by atoms with E-state index in [2.05, 4.69) is 49.9 Å².